The van der Waals surface area contributed by atoms with Gasteiger partial charge in [0.1, 0.15) is 11.4 Å². The number of aryl methyl sites for hydroxylation is 1. The van der Waals surface area contributed by atoms with Crippen molar-refractivity contribution in [1.29, 1.82) is 0 Å². The Hall–Kier alpha value is -1.14. The van der Waals surface area contributed by atoms with Gasteiger partial charge in [-0.05, 0) is 39.3 Å². The van der Waals surface area contributed by atoms with Gasteiger partial charge in [0, 0.05) is 42.8 Å². The number of halogens is 2. The maximum absolute atomic E-state index is 14.0. The molecule has 6 heteroatoms. The monoisotopic (exact) mass is 386 g/mol. The first-order valence-electron chi connectivity index (χ1n) is 7.80. The zero-order valence-corrected chi connectivity index (χ0v) is 15.7. The molecule has 0 N–H and O–H groups in total. The molecule has 0 aliphatic carbocycles. The Kier molecular flexibility index (Phi) is 5.68. The molecule has 1 aliphatic heterocycles. The van der Waals surface area contributed by atoms with E-state index in [1.54, 1.807) is 4.90 Å². The molecule has 0 radical (unpaired) electrons. The standard InChI is InChI=1S/C17H24BrFN2O2/c1-12-9-13(15(19)10-14(12)18)11-20-5-7-21(8-6-20)16(22)23-17(2,3)4/h9-10H,5-8,11H2,1-4H3. The van der Waals surface area contributed by atoms with Gasteiger partial charge in [0.05, 0.1) is 0 Å². The average molecular weight is 387 g/mol. The van der Waals surface area contributed by atoms with Crippen LogP contribution in [0.3, 0.4) is 0 Å². The fourth-order valence-electron chi connectivity index (χ4n) is 2.49. The quantitative estimate of drug-likeness (QED) is 0.771. The molecule has 1 heterocycles. The largest absolute Gasteiger partial charge is 0.444 e. The van der Waals surface area contributed by atoms with E-state index in [0.717, 1.165) is 10.0 Å². The van der Waals surface area contributed by atoms with Crippen LogP contribution in [0.15, 0.2) is 16.6 Å². The Morgan fingerprint density at radius 1 is 1.26 bits per heavy atom. The SMILES string of the molecule is Cc1cc(CN2CCN(C(=O)OC(C)(C)C)CC2)c(F)cc1Br. The van der Waals surface area contributed by atoms with Crippen molar-refractivity contribution in [3.8, 4) is 0 Å². The molecule has 0 atom stereocenters. The molecule has 1 aliphatic rings. The number of piperazine rings is 1. The minimum absolute atomic E-state index is 0.197. The highest BCUT2D eigenvalue weighted by Crippen LogP contribution is 2.22. The number of hydrogen-bond acceptors (Lipinski definition) is 3. The minimum Gasteiger partial charge on any atom is -0.444 e. The Bertz CT molecular complexity index is 579. The van der Waals surface area contributed by atoms with Crippen LogP contribution in [0.2, 0.25) is 0 Å². The number of carbonyl (C=O) groups is 1. The second kappa shape index (κ2) is 7.18. The van der Waals surface area contributed by atoms with E-state index >= 15 is 0 Å². The van der Waals surface area contributed by atoms with E-state index in [0.29, 0.717) is 38.3 Å². The first-order chi connectivity index (χ1) is 10.7. The van der Waals surface area contributed by atoms with Gasteiger partial charge in [0.25, 0.3) is 0 Å². The van der Waals surface area contributed by atoms with Crippen LogP contribution < -0.4 is 0 Å². The molecular weight excluding hydrogens is 363 g/mol. The highest BCUT2D eigenvalue weighted by Gasteiger charge is 2.26. The van der Waals surface area contributed by atoms with Gasteiger partial charge in [-0.15, -0.1) is 0 Å². The lowest BCUT2D eigenvalue weighted by molar-refractivity contribution is 0.0138. The maximum Gasteiger partial charge on any atom is 0.410 e. The molecule has 0 aromatic heterocycles. The Labute approximate surface area is 145 Å². The number of ether oxygens (including phenoxy) is 1. The number of amides is 1. The number of hydrogen-bond donors (Lipinski definition) is 0. The molecule has 1 aromatic carbocycles. The predicted molar refractivity (Wildman–Crippen MR) is 91.9 cm³/mol. The number of carbonyl (C=O) groups excluding carboxylic acids is 1. The van der Waals surface area contributed by atoms with Crippen LogP contribution in [0.1, 0.15) is 31.9 Å². The molecule has 0 saturated carbocycles. The van der Waals surface area contributed by atoms with E-state index in [9.17, 15) is 9.18 Å². The van der Waals surface area contributed by atoms with Crippen molar-refractivity contribution in [2.45, 2.75) is 39.8 Å². The molecule has 4 nitrogen and oxygen atoms in total. The van der Waals surface area contributed by atoms with E-state index in [2.05, 4.69) is 20.8 Å². The Morgan fingerprint density at radius 2 is 1.87 bits per heavy atom. The van der Waals surface area contributed by atoms with Crippen LogP contribution in [0.5, 0.6) is 0 Å². The van der Waals surface area contributed by atoms with Crippen molar-refractivity contribution < 1.29 is 13.9 Å². The third-order valence-electron chi connectivity index (χ3n) is 3.75. The summed E-state index contributed by atoms with van der Waals surface area (Å²) >= 11 is 3.34. The molecule has 128 valence electrons. The summed E-state index contributed by atoms with van der Waals surface area (Å²) < 4.78 is 20.2. The van der Waals surface area contributed by atoms with Crippen molar-refractivity contribution in [3.05, 3.63) is 33.5 Å². The van der Waals surface area contributed by atoms with Gasteiger partial charge < -0.3 is 9.64 Å². The summed E-state index contributed by atoms with van der Waals surface area (Å²) in [6, 6.07) is 3.39. The molecule has 0 unspecified atom stereocenters. The van der Waals surface area contributed by atoms with Crippen molar-refractivity contribution >= 4 is 22.0 Å². The smallest absolute Gasteiger partial charge is 0.410 e. The summed E-state index contributed by atoms with van der Waals surface area (Å²) in [5.74, 6) is -0.197. The van der Waals surface area contributed by atoms with Gasteiger partial charge in [0.15, 0.2) is 0 Å². The maximum atomic E-state index is 14.0. The van der Waals surface area contributed by atoms with E-state index in [4.69, 9.17) is 4.74 Å². The average Bonchev–Trinajstić information content (AvgIpc) is 2.43. The van der Waals surface area contributed by atoms with Gasteiger partial charge in [0.2, 0.25) is 0 Å². The highest BCUT2D eigenvalue weighted by atomic mass is 79.9. The summed E-state index contributed by atoms with van der Waals surface area (Å²) in [5, 5.41) is 0. The highest BCUT2D eigenvalue weighted by molar-refractivity contribution is 9.10. The van der Waals surface area contributed by atoms with Crippen LogP contribution in [0.4, 0.5) is 9.18 Å². The number of benzene rings is 1. The number of rotatable bonds is 2. The molecule has 1 amide bonds. The van der Waals surface area contributed by atoms with E-state index in [-0.39, 0.29) is 11.9 Å². The van der Waals surface area contributed by atoms with Crippen LogP contribution in [-0.2, 0) is 11.3 Å². The van der Waals surface area contributed by atoms with Gasteiger partial charge in [-0.2, -0.15) is 0 Å². The number of nitrogens with zero attached hydrogens (tertiary/aromatic N) is 2. The van der Waals surface area contributed by atoms with Gasteiger partial charge >= 0.3 is 6.09 Å². The molecule has 1 saturated heterocycles. The van der Waals surface area contributed by atoms with Gasteiger partial charge in [-0.3, -0.25) is 4.90 Å². The van der Waals surface area contributed by atoms with Gasteiger partial charge in [-0.1, -0.05) is 22.0 Å². The Morgan fingerprint density at radius 3 is 2.43 bits per heavy atom. The third-order valence-corrected chi connectivity index (χ3v) is 4.60. The zero-order valence-electron chi connectivity index (χ0n) is 14.2. The van der Waals surface area contributed by atoms with Crippen LogP contribution in [0.25, 0.3) is 0 Å². The van der Waals surface area contributed by atoms with Crippen molar-refractivity contribution in [2.24, 2.45) is 0 Å². The molecule has 2 rings (SSSR count). The first-order valence-corrected chi connectivity index (χ1v) is 8.60. The summed E-state index contributed by atoms with van der Waals surface area (Å²) in [4.78, 5) is 15.9. The van der Waals surface area contributed by atoms with E-state index in [1.807, 2.05) is 33.8 Å². The summed E-state index contributed by atoms with van der Waals surface area (Å²) in [6.45, 7) is 10.7. The molecular formula is C17H24BrFN2O2. The fourth-order valence-corrected chi connectivity index (χ4v) is 2.81. The van der Waals surface area contributed by atoms with Crippen molar-refractivity contribution in [3.63, 3.8) is 0 Å². The van der Waals surface area contributed by atoms with Crippen molar-refractivity contribution in [2.75, 3.05) is 26.2 Å². The van der Waals surface area contributed by atoms with Crippen LogP contribution in [-0.4, -0.2) is 47.7 Å². The summed E-state index contributed by atoms with van der Waals surface area (Å²) in [5.41, 5.74) is 1.23. The van der Waals surface area contributed by atoms with Crippen molar-refractivity contribution in [1.82, 2.24) is 9.80 Å². The molecule has 23 heavy (non-hydrogen) atoms. The van der Waals surface area contributed by atoms with E-state index in [1.165, 1.54) is 6.07 Å². The molecule has 0 spiro atoms. The normalized spacial score (nSPS) is 16.5. The first kappa shape index (κ1) is 18.2. The second-order valence-corrected chi connectivity index (χ2v) is 7.79. The molecule has 0 bridgehead atoms. The lowest BCUT2D eigenvalue weighted by atomic mass is 10.1. The lowest BCUT2D eigenvalue weighted by Crippen LogP contribution is -2.49. The summed E-state index contributed by atoms with van der Waals surface area (Å²) in [7, 11) is 0. The van der Waals surface area contributed by atoms with Gasteiger partial charge in [-0.25, -0.2) is 9.18 Å². The zero-order chi connectivity index (χ0) is 17.2. The van der Waals surface area contributed by atoms with Crippen LogP contribution in [0, 0.1) is 12.7 Å². The molecule has 1 aromatic rings. The van der Waals surface area contributed by atoms with E-state index < -0.39 is 5.60 Å². The third kappa shape index (κ3) is 5.18. The summed E-state index contributed by atoms with van der Waals surface area (Å²) in [6.07, 6.45) is -0.275. The predicted octanol–water partition coefficient (Wildman–Crippen LogP) is 3.95. The lowest BCUT2D eigenvalue weighted by Gasteiger charge is -2.35. The topological polar surface area (TPSA) is 32.8 Å². The van der Waals surface area contributed by atoms with Crippen LogP contribution >= 0.6 is 15.9 Å². The molecule has 1 fully saturated rings. The minimum atomic E-state index is -0.480. The fraction of sp³-hybridized carbons (Fsp3) is 0.588. The second-order valence-electron chi connectivity index (χ2n) is 6.94. The Balaban J connectivity index is 1.90.